The highest BCUT2D eigenvalue weighted by molar-refractivity contribution is 8.93. The van der Waals surface area contributed by atoms with Crippen molar-refractivity contribution in [3.05, 3.63) is 30.3 Å². The third-order valence-electron chi connectivity index (χ3n) is 1.02. The number of halogens is 1. The molecule has 1 aromatic carbocycles. The van der Waals surface area contributed by atoms with Crippen LogP contribution in [0.2, 0.25) is 0 Å². The zero-order chi connectivity index (χ0) is 8.32. The summed E-state index contributed by atoms with van der Waals surface area (Å²) in [5.41, 5.74) is 0.343. The van der Waals surface area contributed by atoms with Crippen molar-refractivity contribution in [1.29, 1.82) is 0 Å². The Hall–Kier alpha value is -0.590. The lowest BCUT2D eigenvalue weighted by atomic mass is 10.3. The summed E-state index contributed by atoms with van der Waals surface area (Å²) in [5, 5.41) is 0. The first-order valence-electron chi connectivity index (χ1n) is 2.88. The van der Waals surface area contributed by atoms with Crippen LogP contribution in [-0.2, 0) is 10.3 Å². The molecule has 0 aliphatic carbocycles. The van der Waals surface area contributed by atoms with Gasteiger partial charge in [0.05, 0.1) is 5.69 Å². The number of hydrogen-bond acceptors (Lipinski definition) is 2. The monoisotopic (exact) mass is 253 g/mol. The van der Waals surface area contributed by atoms with Gasteiger partial charge in [0, 0.05) is 0 Å². The van der Waals surface area contributed by atoms with Gasteiger partial charge in [-0.2, -0.15) is 8.42 Å². The van der Waals surface area contributed by atoms with E-state index in [0.717, 1.165) is 0 Å². The molecule has 12 heavy (non-hydrogen) atoms. The largest absolute Gasteiger partial charge is 0.357 e. The molecule has 0 saturated carbocycles. The van der Waals surface area contributed by atoms with E-state index in [4.69, 9.17) is 4.55 Å². The van der Waals surface area contributed by atoms with Crippen molar-refractivity contribution in [3.63, 3.8) is 0 Å². The zero-order valence-electron chi connectivity index (χ0n) is 5.97. The molecule has 68 valence electrons. The minimum absolute atomic E-state index is 0. The number of benzene rings is 1. The maximum atomic E-state index is 10.2. The number of anilines is 1. The van der Waals surface area contributed by atoms with Gasteiger partial charge in [0.25, 0.3) is 0 Å². The summed E-state index contributed by atoms with van der Waals surface area (Å²) in [7, 11) is -4.13. The molecule has 1 aromatic rings. The molecule has 0 saturated heterocycles. The maximum absolute atomic E-state index is 10.2. The summed E-state index contributed by atoms with van der Waals surface area (Å²) in [4.78, 5) is 0. The van der Waals surface area contributed by atoms with Crippen LogP contribution in [0.15, 0.2) is 30.3 Å². The standard InChI is InChI=1S/C6H7NO3S.BrH/c8-11(9,10)7-6-4-2-1-3-5-6;/h1-5,7H,(H,8,9,10);1H. The second-order valence-corrected chi connectivity index (χ2v) is 3.10. The van der Waals surface area contributed by atoms with Crippen LogP contribution in [0.5, 0.6) is 0 Å². The van der Waals surface area contributed by atoms with Crippen LogP contribution in [0.25, 0.3) is 0 Å². The van der Waals surface area contributed by atoms with Gasteiger partial charge in [-0.1, -0.05) is 18.2 Å². The third-order valence-corrected chi connectivity index (χ3v) is 1.51. The maximum Gasteiger partial charge on any atom is 0.357 e. The van der Waals surface area contributed by atoms with Crippen LogP contribution < -0.4 is 4.72 Å². The highest BCUT2D eigenvalue weighted by Crippen LogP contribution is 2.05. The molecule has 0 aliphatic heterocycles. The molecule has 0 amide bonds. The van der Waals surface area contributed by atoms with Gasteiger partial charge in [-0.05, 0) is 12.1 Å². The molecule has 4 nitrogen and oxygen atoms in total. The molecule has 0 fully saturated rings. The molecule has 0 unspecified atom stereocenters. The van der Waals surface area contributed by atoms with Crippen molar-refractivity contribution in [2.24, 2.45) is 0 Å². The fourth-order valence-corrected chi connectivity index (χ4v) is 1.09. The quantitative estimate of drug-likeness (QED) is 0.785. The fraction of sp³-hybridized carbons (Fsp3) is 0. The van der Waals surface area contributed by atoms with Gasteiger partial charge in [-0.15, -0.1) is 17.0 Å². The Morgan fingerprint density at radius 2 is 1.67 bits per heavy atom. The molecule has 0 radical (unpaired) electrons. The van der Waals surface area contributed by atoms with E-state index < -0.39 is 10.3 Å². The van der Waals surface area contributed by atoms with E-state index in [1.165, 1.54) is 12.1 Å². The highest BCUT2D eigenvalue weighted by atomic mass is 79.9. The Labute approximate surface area is 81.3 Å². The first-order chi connectivity index (χ1) is 5.08. The fourth-order valence-electron chi connectivity index (χ4n) is 0.655. The first-order valence-corrected chi connectivity index (χ1v) is 4.32. The van der Waals surface area contributed by atoms with Crippen molar-refractivity contribution >= 4 is 33.0 Å². The Balaban J connectivity index is 0.00000121. The molecule has 0 aliphatic rings. The Bertz CT molecular complexity index is 324. The molecule has 6 heteroatoms. The summed E-state index contributed by atoms with van der Waals surface area (Å²) in [6.07, 6.45) is 0. The van der Waals surface area contributed by atoms with Gasteiger partial charge in [0.2, 0.25) is 0 Å². The predicted octanol–water partition coefficient (Wildman–Crippen LogP) is 1.48. The van der Waals surface area contributed by atoms with Crippen molar-refractivity contribution in [3.8, 4) is 0 Å². The molecule has 0 atom stereocenters. The van der Waals surface area contributed by atoms with Crippen molar-refractivity contribution < 1.29 is 13.0 Å². The number of nitrogens with one attached hydrogen (secondary N) is 1. The van der Waals surface area contributed by atoms with E-state index in [9.17, 15) is 8.42 Å². The van der Waals surface area contributed by atoms with Crippen LogP contribution in [0.4, 0.5) is 5.69 Å². The second-order valence-electron chi connectivity index (χ2n) is 1.94. The van der Waals surface area contributed by atoms with Gasteiger partial charge in [0.1, 0.15) is 0 Å². The minimum Gasteiger partial charge on any atom is -0.269 e. The van der Waals surface area contributed by atoms with E-state index in [1.807, 2.05) is 4.72 Å². The topological polar surface area (TPSA) is 66.4 Å². The highest BCUT2D eigenvalue weighted by Gasteiger charge is 2.00. The van der Waals surface area contributed by atoms with Crippen molar-refractivity contribution in [2.45, 2.75) is 0 Å². The summed E-state index contributed by atoms with van der Waals surface area (Å²) in [6.45, 7) is 0. The van der Waals surface area contributed by atoms with Gasteiger partial charge in [-0.25, -0.2) is 0 Å². The average molecular weight is 254 g/mol. The second kappa shape index (κ2) is 4.44. The summed E-state index contributed by atoms with van der Waals surface area (Å²) >= 11 is 0. The summed E-state index contributed by atoms with van der Waals surface area (Å²) < 4.78 is 30.7. The molecular weight excluding hydrogens is 246 g/mol. The van der Waals surface area contributed by atoms with Crippen molar-refractivity contribution in [2.75, 3.05) is 4.72 Å². The number of para-hydroxylation sites is 1. The van der Waals surface area contributed by atoms with Crippen LogP contribution in [0, 0.1) is 0 Å². The van der Waals surface area contributed by atoms with Crippen LogP contribution >= 0.6 is 17.0 Å². The van der Waals surface area contributed by atoms with Gasteiger partial charge < -0.3 is 0 Å². The number of rotatable bonds is 2. The number of hydrogen-bond donors (Lipinski definition) is 2. The van der Waals surface area contributed by atoms with Crippen molar-refractivity contribution in [1.82, 2.24) is 0 Å². The normalized spacial score (nSPS) is 10.1. The van der Waals surface area contributed by atoms with Gasteiger partial charge >= 0.3 is 10.3 Å². The molecule has 0 aromatic heterocycles. The lowest BCUT2D eigenvalue weighted by Gasteiger charge is -1.99. The third kappa shape index (κ3) is 4.32. The van der Waals surface area contributed by atoms with E-state index in [0.29, 0.717) is 5.69 Å². The molecule has 0 spiro atoms. The van der Waals surface area contributed by atoms with Gasteiger partial charge in [0.15, 0.2) is 0 Å². The zero-order valence-corrected chi connectivity index (χ0v) is 8.50. The summed E-state index contributed by atoms with van der Waals surface area (Å²) in [6, 6.07) is 8.14. The molecule has 1 rings (SSSR count). The smallest absolute Gasteiger partial charge is 0.269 e. The van der Waals surface area contributed by atoms with E-state index in [1.54, 1.807) is 18.2 Å². The van der Waals surface area contributed by atoms with Gasteiger partial charge in [-0.3, -0.25) is 9.27 Å². The van der Waals surface area contributed by atoms with E-state index in [2.05, 4.69) is 0 Å². The Kier molecular flexibility index (Phi) is 4.22. The summed E-state index contributed by atoms with van der Waals surface area (Å²) in [5.74, 6) is 0. The Morgan fingerprint density at radius 3 is 2.08 bits per heavy atom. The van der Waals surface area contributed by atoms with E-state index >= 15 is 0 Å². The molecule has 2 N–H and O–H groups in total. The SMILES string of the molecule is Br.O=S(=O)(O)Nc1ccccc1. The van der Waals surface area contributed by atoms with Crippen LogP contribution in [0.1, 0.15) is 0 Å². The van der Waals surface area contributed by atoms with E-state index in [-0.39, 0.29) is 17.0 Å². The van der Waals surface area contributed by atoms with Crippen LogP contribution in [-0.4, -0.2) is 13.0 Å². The molecule has 0 heterocycles. The first kappa shape index (κ1) is 11.4. The average Bonchev–Trinajstić information content (AvgIpc) is 1.85. The minimum atomic E-state index is -4.13. The predicted molar refractivity (Wildman–Crippen MR) is 51.9 cm³/mol. The lowest BCUT2D eigenvalue weighted by Crippen LogP contribution is -2.09. The molecule has 0 bridgehead atoms. The Morgan fingerprint density at radius 1 is 1.17 bits per heavy atom. The molecular formula is C6H8BrNO3S. The lowest BCUT2D eigenvalue weighted by molar-refractivity contribution is 0.490. The van der Waals surface area contributed by atoms with Crippen LogP contribution in [0.3, 0.4) is 0 Å².